The van der Waals surface area contributed by atoms with Crippen LogP contribution < -0.4 is 10.5 Å². The molecule has 1 aromatic carbocycles. The van der Waals surface area contributed by atoms with Gasteiger partial charge in [-0.3, -0.25) is 0 Å². The Morgan fingerprint density at radius 3 is 2.12 bits per heavy atom. The van der Waals surface area contributed by atoms with Gasteiger partial charge in [0.2, 0.25) is 0 Å². The van der Waals surface area contributed by atoms with Gasteiger partial charge >= 0.3 is 0 Å². The highest BCUT2D eigenvalue weighted by Crippen LogP contribution is 2.21. The lowest BCUT2D eigenvalue weighted by Crippen LogP contribution is -2.41. The fourth-order valence-corrected chi connectivity index (χ4v) is 1.95. The van der Waals surface area contributed by atoms with Gasteiger partial charge in [-0.1, -0.05) is 24.3 Å². The van der Waals surface area contributed by atoms with Crippen molar-refractivity contribution < 1.29 is 4.74 Å². The van der Waals surface area contributed by atoms with Gasteiger partial charge in [-0.05, 0) is 37.0 Å². The summed E-state index contributed by atoms with van der Waals surface area (Å²) in [6, 6.07) is 8.01. The maximum absolute atomic E-state index is 6.35. The number of rotatable bonds is 7. The van der Waals surface area contributed by atoms with E-state index >= 15 is 0 Å². The van der Waals surface area contributed by atoms with Gasteiger partial charge in [0.25, 0.3) is 0 Å². The number of hydrogen-bond donors (Lipinski definition) is 1. The van der Waals surface area contributed by atoms with Crippen LogP contribution >= 0.6 is 0 Å². The zero-order valence-electron chi connectivity index (χ0n) is 10.5. The molecule has 0 aliphatic carbocycles. The molecule has 0 aliphatic rings. The molecular formula is C15H21NO. The Labute approximate surface area is 104 Å². The van der Waals surface area contributed by atoms with Crippen LogP contribution in [0.2, 0.25) is 0 Å². The van der Waals surface area contributed by atoms with Crippen molar-refractivity contribution in [2.45, 2.75) is 24.8 Å². The molecule has 1 aromatic rings. The molecule has 17 heavy (non-hydrogen) atoms. The molecule has 0 bridgehead atoms. The van der Waals surface area contributed by atoms with Crippen LogP contribution in [-0.2, 0) is 6.42 Å². The molecule has 2 N–H and O–H groups in total. The molecule has 0 amide bonds. The smallest absolute Gasteiger partial charge is 0.118 e. The van der Waals surface area contributed by atoms with Crippen molar-refractivity contribution in [1.82, 2.24) is 0 Å². The minimum atomic E-state index is -0.280. The lowest BCUT2D eigenvalue weighted by molar-refractivity contribution is 0.413. The summed E-state index contributed by atoms with van der Waals surface area (Å²) in [5.41, 5.74) is 7.27. The second kappa shape index (κ2) is 6.26. The summed E-state index contributed by atoms with van der Waals surface area (Å²) in [7, 11) is 1.66. The van der Waals surface area contributed by atoms with E-state index in [1.165, 1.54) is 5.56 Å². The second-order valence-corrected chi connectivity index (χ2v) is 4.37. The first-order valence-corrected chi connectivity index (χ1v) is 5.77. The molecule has 0 aromatic heterocycles. The van der Waals surface area contributed by atoms with Crippen LogP contribution in [0.4, 0.5) is 0 Å². The van der Waals surface area contributed by atoms with Gasteiger partial charge in [-0.25, -0.2) is 0 Å². The van der Waals surface area contributed by atoms with E-state index in [0.29, 0.717) is 0 Å². The van der Waals surface area contributed by atoms with Crippen LogP contribution in [0.3, 0.4) is 0 Å². The van der Waals surface area contributed by atoms with Crippen LogP contribution in [-0.4, -0.2) is 12.6 Å². The van der Waals surface area contributed by atoms with Crippen LogP contribution in [0.25, 0.3) is 0 Å². The normalized spacial score (nSPS) is 10.9. The third kappa shape index (κ3) is 4.08. The minimum absolute atomic E-state index is 0.280. The molecular weight excluding hydrogens is 210 g/mol. The van der Waals surface area contributed by atoms with Gasteiger partial charge in [0.15, 0.2) is 0 Å². The maximum atomic E-state index is 6.35. The Morgan fingerprint density at radius 1 is 1.18 bits per heavy atom. The van der Waals surface area contributed by atoms with Gasteiger partial charge < -0.3 is 10.5 Å². The molecule has 0 atom stereocenters. The van der Waals surface area contributed by atoms with E-state index in [1.807, 2.05) is 36.4 Å². The number of benzene rings is 1. The summed E-state index contributed by atoms with van der Waals surface area (Å²) >= 11 is 0. The van der Waals surface area contributed by atoms with Gasteiger partial charge in [0.1, 0.15) is 5.75 Å². The summed E-state index contributed by atoms with van der Waals surface area (Å²) in [5, 5.41) is 0. The quantitative estimate of drug-likeness (QED) is 0.732. The van der Waals surface area contributed by atoms with Crippen molar-refractivity contribution in [3.05, 3.63) is 55.1 Å². The average molecular weight is 231 g/mol. The molecule has 0 aliphatic heterocycles. The molecule has 0 fully saturated rings. The molecule has 0 heterocycles. The molecule has 0 radical (unpaired) electrons. The van der Waals surface area contributed by atoms with Crippen LogP contribution in [0.15, 0.2) is 49.6 Å². The molecule has 2 heteroatoms. The first-order valence-electron chi connectivity index (χ1n) is 5.77. The molecule has 0 saturated carbocycles. The zero-order chi connectivity index (χ0) is 12.7. The number of nitrogens with two attached hydrogens (primary N) is 1. The van der Waals surface area contributed by atoms with Crippen molar-refractivity contribution >= 4 is 0 Å². The Bertz CT molecular complexity index is 357. The molecule has 0 spiro atoms. The van der Waals surface area contributed by atoms with E-state index in [2.05, 4.69) is 13.2 Å². The number of hydrogen-bond acceptors (Lipinski definition) is 2. The maximum Gasteiger partial charge on any atom is 0.118 e. The van der Waals surface area contributed by atoms with E-state index in [9.17, 15) is 0 Å². The summed E-state index contributed by atoms with van der Waals surface area (Å²) < 4.78 is 5.13. The predicted octanol–water partition coefficient (Wildman–Crippen LogP) is 3.09. The van der Waals surface area contributed by atoms with Crippen LogP contribution in [0.1, 0.15) is 18.4 Å². The van der Waals surface area contributed by atoms with Gasteiger partial charge in [-0.2, -0.15) is 0 Å². The van der Waals surface area contributed by atoms with Crippen LogP contribution in [0, 0.1) is 0 Å². The summed E-state index contributed by atoms with van der Waals surface area (Å²) in [4.78, 5) is 0. The van der Waals surface area contributed by atoms with E-state index < -0.39 is 0 Å². The largest absolute Gasteiger partial charge is 0.497 e. The fraction of sp³-hybridized carbons (Fsp3) is 0.333. The molecule has 92 valence electrons. The molecule has 0 saturated heterocycles. The van der Waals surface area contributed by atoms with E-state index in [-0.39, 0.29) is 5.54 Å². The monoisotopic (exact) mass is 231 g/mol. The molecule has 2 nitrogen and oxygen atoms in total. The Morgan fingerprint density at radius 2 is 1.71 bits per heavy atom. The van der Waals surface area contributed by atoms with Crippen molar-refractivity contribution in [2.24, 2.45) is 5.73 Å². The van der Waals surface area contributed by atoms with Crippen molar-refractivity contribution in [3.8, 4) is 5.75 Å². The van der Waals surface area contributed by atoms with Crippen molar-refractivity contribution in [3.63, 3.8) is 0 Å². The van der Waals surface area contributed by atoms with E-state index in [4.69, 9.17) is 10.5 Å². The van der Waals surface area contributed by atoms with E-state index in [1.54, 1.807) is 7.11 Å². The number of ether oxygens (including phenoxy) is 1. The Kier molecular flexibility index (Phi) is 4.98. The molecule has 1 rings (SSSR count). The average Bonchev–Trinajstić information content (AvgIpc) is 2.30. The number of methoxy groups -OCH3 is 1. The molecule has 0 unspecified atom stereocenters. The summed E-state index contributed by atoms with van der Waals surface area (Å²) in [5.74, 6) is 0.865. The van der Waals surface area contributed by atoms with Gasteiger partial charge in [-0.15, -0.1) is 13.2 Å². The van der Waals surface area contributed by atoms with E-state index in [0.717, 1.165) is 25.0 Å². The third-order valence-corrected chi connectivity index (χ3v) is 2.82. The Hall–Kier alpha value is -1.54. The Balaban J connectivity index is 2.77. The zero-order valence-corrected chi connectivity index (χ0v) is 10.5. The highest BCUT2D eigenvalue weighted by Gasteiger charge is 2.22. The summed E-state index contributed by atoms with van der Waals surface area (Å²) in [6.07, 6.45) is 6.12. The SMILES string of the molecule is C=CCC(N)(CC=C)Cc1ccc(OC)cc1. The lowest BCUT2D eigenvalue weighted by Gasteiger charge is -2.27. The first kappa shape index (κ1) is 13.5. The predicted molar refractivity (Wildman–Crippen MR) is 73.2 cm³/mol. The standard InChI is InChI=1S/C15H21NO/c1-4-10-15(16,11-5-2)12-13-6-8-14(17-3)9-7-13/h4-9H,1-2,10-12,16H2,3H3. The highest BCUT2D eigenvalue weighted by atomic mass is 16.5. The lowest BCUT2D eigenvalue weighted by atomic mass is 9.85. The highest BCUT2D eigenvalue weighted by molar-refractivity contribution is 5.28. The fourth-order valence-electron chi connectivity index (χ4n) is 1.95. The van der Waals surface area contributed by atoms with Gasteiger partial charge in [0.05, 0.1) is 7.11 Å². The minimum Gasteiger partial charge on any atom is -0.497 e. The first-order chi connectivity index (χ1) is 8.13. The second-order valence-electron chi connectivity index (χ2n) is 4.37. The van der Waals surface area contributed by atoms with Crippen molar-refractivity contribution in [2.75, 3.05) is 7.11 Å². The van der Waals surface area contributed by atoms with Crippen molar-refractivity contribution in [1.29, 1.82) is 0 Å². The van der Waals surface area contributed by atoms with Gasteiger partial charge in [0, 0.05) is 5.54 Å². The topological polar surface area (TPSA) is 35.2 Å². The summed E-state index contributed by atoms with van der Waals surface area (Å²) in [6.45, 7) is 7.53. The van der Waals surface area contributed by atoms with Crippen LogP contribution in [0.5, 0.6) is 5.75 Å². The third-order valence-electron chi connectivity index (χ3n) is 2.82.